The molecular formula is C14H8Br2Cl2. The van der Waals surface area contributed by atoms with Crippen LogP contribution in [0.3, 0.4) is 0 Å². The van der Waals surface area contributed by atoms with Gasteiger partial charge in [0.2, 0.25) is 0 Å². The van der Waals surface area contributed by atoms with Crippen LogP contribution < -0.4 is 0 Å². The molecule has 0 aliphatic carbocycles. The number of hydrogen-bond acceptors (Lipinski definition) is 0. The summed E-state index contributed by atoms with van der Waals surface area (Å²) >= 11 is 18.9. The average molecular weight is 407 g/mol. The molecule has 0 atom stereocenters. The van der Waals surface area contributed by atoms with Crippen LogP contribution in [0.5, 0.6) is 0 Å². The van der Waals surface area contributed by atoms with Crippen molar-refractivity contribution in [1.29, 1.82) is 0 Å². The molecule has 2 rings (SSSR count). The van der Waals surface area contributed by atoms with Crippen molar-refractivity contribution < 1.29 is 0 Å². The second-order valence-electron chi connectivity index (χ2n) is 3.70. The fourth-order valence-electron chi connectivity index (χ4n) is 1.49. The monoisotopic (exact) mass is 404 g/mol. The highest BCUT2D eigenvalue weighted by Gasteiger charge is 1.98. The Bertz CT molecular complexity index is 586. The molecule has 0 saturated heterocycles. The lowest BCUT2D eigenvalue weighted by Gasteiger charge is -2.00. The van der Waals surface area contributed by atoms with E-state index in [0.717, 1.165) is 20.1 Å². The van der Waals surface area contributed by atoms with Gasteiger partial charge in [-0.2, -0.15) is 0 Å². The van der Waals surface area contributed by atoms with Crippen LogP contribution in [-0.4, -0.2) is 0 Å². The zero-order chi connectivity index (χ0) is 13.1. The van der Waals surface area contributed by atoms with E-state index in [-0.39, 0.29) is 0 Å². The van der Waals surface area contributed by atoms with Gasteiger partial charge in [-0.1, -0.05) is 73.3 Å². The van der Waals surface area contributed by atoms with Gasteiger partial charge in [-0.15, -0.1) is 0 Å². The van der Waals surface area contributed by atoms with E-state index in [4.69, 9.17) is 23.2 Å². The molecular weight excluding hydrogens is 399 g/mol. The van der Waals surface area contributed by atoms with Crippen LogP contribution in [0.2, 0.25) is 10.0 Å². The molecule has 0 aliphatic rings. The quantitative estimate of drug-likeness (QED) is 0.487. The van der Waals surface area contributed by atoms with Gasteiger partial charge in [0.05, 0.1) is 0 Å². The van der Waals surface area contributed by atoms with Gasteiger partial charge in [-0.05, 0) is 41.5 Å². The van der Waals surface area contributed by atoms with Crippen LogP contribution in [0.15, 0.2) is 45.3 Å². The molecule has 0 N–H and O–H groups in total. The molecule has 0 unspecified atom stereocenters. The first-order valence-electron chi connectivity index (χ1n) is 5.14. The summed E-state index contributed by atoms with van der Waals surface area (Å²) < 4.78 is 1.92. The van der Waals surface area contributed by atoms with E-state index < -0.39 is 0 Å². The molecule has 0 heterocycles. The normalized spacial score (nSPS) is 11.1. The third-order valence-electron chi connectivity index (χ3n) is 2.30. The van der Waals surface area contributed by atoms with Gasteiger partial charge in [-0.25, -0.2) is 0 Å². The lowest BCUT2D eigenvalue weighted by Crippen LogP contribution is -1.77. The number of rotatable bonds is 2. The smallest absolute Gasteiger partial charge is 0.0489 e. The third kappa shape index (κ3) is 3.86. The second-order valence-corrected chi connectivity index (χ2v) is 6.38. The molecule has 2 aromatic rings. The van der Waals surface area contributed by atoms with Crippen molar-refractivity contribution >= 4 is 67.2 Å². The van der Waals surface area contributed by atoms with Crippen LogP contribution >= 0.6 is 55.1 Å². The van der Waals surface area contributed by atoms with Gasteiger partial charge >= 0.3 is 0 Å². The number of halogens is 4. The van der Waals surface area contributed by atoms with Gasteiger partial charge in [0.15, 0.2) is 0 Å². The lowest BCUT2D eigenvalue weighted by atomic mass is 10.1. The maximum atomic E-state index is 6.14. The van der Waals surface area contributed by atoms with Gasteiger partial charge in [0, 0.05) is 19.0 Å². The summed E-state index contributed by atoms with van der Waals surface area (Å²) in [6.45, 7) is 0. The SMILES string of the molecule is Clc1cc(Br)cc(C=Cc2ccc(Br)cc2Cl)c1. The zero-order valence-electron chi connectivity index (χ0n) is 9.13. The maximum Gasteiger partial charge on any atom is 0.0489 e. The van der Waals surface area contributed by atoms with Gasteiger partial charge in [0.25, 0.3) is 0 Å². The van der Waals surface area contributed by atoms with Gasteiger partial charge in [-0.3, -0.25) is 0 Å². The average Bonchev–Trinajstić information content (AvgIpc) is 2.26. The molecule has 92 valence electrons. The summed E-state index contributed by atoms with van der Waals surface area (Å²) in [5, 5.41) is 1.41. The Labute approximate surface area is 133 Å². The summed E-state index contributed by atoms with van der Waals surface area (Å²) in [7, 11) is 0. The highest BCUT2D eigenvalue weighted by atomic mass is 79.9. The molecule has 0 aliphatic heterocycles. The molecule has 4 heteroatoms. The molecule has 0 aromatic heterocycles. The van der Waals surface area contributed by atoms with E-state index in [1.165, 1.54) is 0 Å². The van der Waals surface area contributed by atoms with E-state index in [2.05, 4.69) is 31.9 Å². The van der Waals surface area contributed by atoms with Crippen molar-refractivity contribution in [2.24, 2.45) is 0 Å². The summed E-state index contributed by atoms with van der Waals surface area (Å²) in [6.07, 6.45) is 3.94. The molecule has 0 nitrogen and oxygen atoms in total. The number of benzene rings is 2. The molecule has 0 radical (unpaired) electrons. The summed E-state index contributed by atoms with van der Waals surface area (Å²) in [6, 6.07) is 11.5. The molecule has 2 aromatic carbocycles. The zero-order valence-corrected chi connectivity index (χ0v) is 13.8. The van der Waals surface area contributed by atoms with Gasteiger partial charge < -0.3 is 0 Å². The minimum Gasteiger partial charge on any atom is -0.0843 e. The van der Waals surface area contributed by atoms with Crippen LogP contribution in [-0.2, 0) is 0 Å². The first-order chi connectivity index (χ1) is 8.54. The molecule has 0 spiro atoms. The summed E-state index contributed by atoms with van der Waals surface area (Å²) in [5.41, 5.74) is 1.99. The fraction of sp³-hybridized carbons (Fsp3) is 0. The molecule has 0 bridgehead atoms. The first-order valence-corrected chi connectivity index (χ1v) is 7.48. The molecule has 0 saturated carbocycles. The Morgan fingerprint density at radius 2 is 1.61 bits per heavy atom. The maximum absolute atomic E-state index is 6.14. The van der Waals surface area contributed by atoms with E-state index in [1.54, 1.807) is 0 Å². The van der Waals surface area contributed by atoms with Gasteiger partial charge in [0.1, 0.15) is 0 Å². The van der Waals surface area contributed by atoms with Crippen molar-refractivity contribution in [1.82, 2.24) is 0 Å². The van der Waals surface area contributed by atoms with Crippen LogP contribution in [0.1, 0.15) is 11.1 Å². The van der Waals surface area contributed by atoms with E-state index in [9.17, 15) is 0 Å². The van der Waals surface area contributed by atoms with Crippen LogP contribution in [0.25, 0.3) is 12.2 Å². The topological polar surface area (TPSA) is 0 Å². The number of hydrogen-bond donors (Lipinski definition) is 0. The van der Waals surface area contributed by atoms with E-state index in [1.807, 2.05) is 48.6 Å². The molecule has 0 amide bonds. The largest absolute Gasteiger partial charge is 0.0843 e. The Hall–Kier alpha value is -0.280. The Morgan fingerprint density at radius 3 is 2.28 bits per heavy atom. The van der Waals surface area contributed by atoms with E-state index in [0.29, 0.717) is 10.0 Å². The summed E-state index contributed by atoms with van der Waals surface area (Å²) in [4.78, 5) is 0. The minimum absolute atomic E-state index is 0.700. The lowest BCUT2D eigenvalue weighted by molar-refractivity contribution is 1.60. The Kier molecular flexibility index (Phi) is 4.91. The Morgan fingerprint density at radius 1 is 0.833 bits per heavy atom. The minimum atomic E-state index is 0.700. The first kappa shape index (κ1) is 14.1. The standard InChI is InChI=1S/C14H8Br2Cl2/c15-11-4-3-10(14(18)8-11)2-1-9-5-12(16)7-13(17)6-9/h1-8H. The van der Waals surface area contributed by atoms with Crippen molar-refractivity contribution in [3.05, 3.63) is 66.5 Å². The highest BCUT2D eigenvalue weighted by Crippen LogP contribution is 2.25. The van der Waals surface area contributed by atoms with Crippen molar-refractivity contribution in [2.75, 3.05) is 0 Å². The highest BCUT2D eigenvalue weighted by molar-refractivity contribution is 9.10. The van der Waals surface area contributed by atoms with E-state index >= 15 is 0 Å². The summed E-state index contributed by atoms with van der Waals surface area (Å²) in [5.74, 6) is 0. The Balaban J connectivity index is 2.29. The third-order valence-corrected chi connectivity index (χ3v) is 3.80. The van der Waals surface area contributed by atoms with Crippen molar-refractivity contribution in [3.63, 3.8) is 0 Å². The fourth-order valence-corrected chi connectivity index (χ4v) is 3.12. The van der Waals surface area contributed by atoms with Crippen molar-refractivity contribution in [2.45, 2.75) is 0 Å². The second kappa shape index (κ2) is 6.25. The molecule has 18 heavy (non-hydrogen) atoms. The molecule has 0 fully saturated rings. The van der Waals surface area contributed by atoms with Crippen LogP contribution in [0.4, 0.5) is 0 Å². The van der Waals surface area contributed by atoms with Crippen molar-refractivity contribution in [3.8, 4) is 0 Å². The predicted octanol–water partition coefficient (Wildman–Crippen LogP) is 6.69. The van der Waals surface area contributed by atoms with Crippen LogP contribution in [0, 0.1) is 0 Å². The predicted molar refractivity (Wildman–Crippen MR) is 87.2 cm³/mol.